The molecule has 0 bridgehead atoms. The first-order chi connectivity index (χ1) is 8.77. The maximum absolute atomic E-state index is 5.74. The Kier molecular flexibility index (Phi) is 4.35. The van der Waals surface area contributed by atoms with Crippen molar-refractivity contribution in [3.8, 4) is 0 Å². The van der Waals surface area contributed by atoms with Gasteiger partial charge in [0.1, 0.15) is 0 Å². The Morgan fingerprint density at radius 3 is 2.83 bits per heavy atom. The molecule has 1 aliphatic heterocycles. The van der Waals surface area contributed by atoms with Crippen LogP contribution in [0.1, 0.15) is 12.8 Å². The highest BCUT2D eigenvalue weighted by Crippen LogP contribution is 2.10. The van der Waals surface area contributed by atoms with Crippen LogP contribution >= 0.6 is 12.2 Å². The predicted molar refractivity (Wildman–Crippen MR) is 78.4 cm³/mol. The third-order valence-corrected chi connectivity index (χ3v) is 2.78. The van der Waals surface area contributed by atoms with Crippen LogP contribution in [0.2, 0.25) is 0 Å². The highest BCUT2D eigenvalue weighted by atomic mass is 32.1. The molecule has 0 saturated heterocycles. The highest BCUT2D eigenvalue weighted by molar-refractivity contribution is 7.80. The summed E-state index contributed by atoms with van der Waals surface area (Å²) in [6.45, 7) is 1.72. The number of hydrazine groups is 1. The van der Waals surface area contributed by atoms with Gasteiger partial charge in [-0.2, -0.15) is 0 Å². The molecule has 1 heterocycles. The van der Waals surface area contributed by atoms with Crippen LogP contribution in [-0.2, 0) is 0 Å². The lowest BCUT2D eigenvalue weighted by molar-refractivity contribution is 0.744. The molecular formula is C12H17N5S. The SMILES string of the molecule is NC(=S)N(NC1=NCCCCN1)c1ccccc1. The number of anilines is 1. The molecule has 0 aromatic heterocycles. The minimum absolute atomic E-state index is 0.259. The van der Waals surface area contributed by atoms with E-state index in [0.717, 1.165) is 31.6 Å². The van der Waals surface area contributed by atoms with Crippen molar-refractivity contribution in [1.29, 1.82) is 0 Å². The van der Waals surface area contributed by atoms with Gasteiger partial charge < -0.3 is 11.1 Å². The minimum Gasteiger partial charge on any atom is -0.374 e. The summed E-state index contributed by atoms with van der Waals surface area (Å²) in [6, 6.07) is 9.69. The van der Waals surface area contributed by atoms with Gasteiger partial charge in [0.25, 0.3) is 0 Å². The maximum atomic E-state index is 5.74. The predicted octanol–water partition coefficient (Wildman–Crippen LogP) is 0.981. The first-order valence-corrected chi connectivity index (χ1v) is 6.38. The smallest absolute Gasteiger partial charge is 0.210 e. The lowest BCUT2D eigenvalue weighted by Crippen LogP contribution is -2.53. The van der Waals surface area contributed by atoms with E-state index in [1.807, 2.05) is 30.3 Å². The summed E-state index contributed by atoms with van der Waals surface area (Å²) in [7, 11) is 0. The third kappa shape index (κ3) is 3.33. The van der Waals surface area contributed by atoms with Gasteiger partial charge in [0, 0.05) is 13.1 Å². The lowest BCUT2D eigenvalue weighted by Gasteiger charge is -2.25. The zero-order valence-electron chi connectivity index (χ0n) is 10.1. The molecule has 4 N–H and O–H groups in total. The number of nitrogens with one attached hydrogen (secondary N) is 2. The van der Waals surface area contributed by atoms with Crippen molar-refractivity contribution in [2.75, 3.05) is 18.1 Å². The summed E-state index contributed by atoms with van der Waals surface area (Å²) in [6.07, 6.45) is 2.21. The van der Waals surface area contributed by atoms with Gasteiger partial charge in [-0.25, -0.2) is 5.01 Å². The number of para-hydroxylation sites is 1. The van der Waals surface area contributed by atoms with Crippen molar-refractivity contribution >= 4 is 29.0 Å². The lowest BCUT2D eigenvalue weighted by atomic mass is 10.3. The second-order valence-electron chi connectivity index (χ2n) is 3.99. The van der Waals surface area contributed by atoms with Crippen molar-refractivity contribution in [3.63, 3.8) is 0 Å². The summed E-state index contributed by atoms with van der Waals surface area (Å²) in [5, 5.41) is 5.12. The fourth-order valence-corrected chi connectivity index (χ4v) is 1.85. The number of thiocarbonyl (C=S) groups is 1. The molecule has 0 aliphatic carbocycles. The van der Waals surface area contributed by atoms with E-state index in [0.29, 0.717) is 5.96 Å². The molecule has 0 radical (unpaired) electrons. The van der Waals surface area contributed by atoms with E-state index < -0.39 is 0 Å². The van der Waals surface area contributed by atoms with E-state index in [1.165, 1.54) is 0 Å². The largest absolute Gasteiger partial charge is 0.374 e. The van der Waals surface area contributed by atoms with Gasteiger partial charge in [0.2, 0.25) is 5.96 Å². The number of benzene rings is 1. The minimum atomic E-state index is 0.259. The number of guanidine groups is 1. The van der Waals surface area contributed by atoms with E-state index in [-0.39, 0.29) is 5.11 Å². The molecule has 0 saturated carbocycles. The van der Waals surface area contributed by atoms with E-state index in [9.17, 15) is 0 Å². The number of rotatable bonds is 1. The standard InChI is InChI=1S/C12H17N5S/c13-11(18)17(10-6-2-1-3-7-10)16-12-14-8-4-5-9-15-12/h1-3,6-7H,4-5,8-9H2,(H2,13,18)(H2,14,15,16). The van der Waals surface area contributed by atoms with Crippen LogP contribution in [-0.4, -0.2) is 24.2 Å². The van der Waals surface area contributed by atoms with Gasteiger partial charge in [-0.3, -0.25) is 10.4 Å². The quantitative estimate of drug-likeness (QED) is 0.521. The Morgan fingerprint density at radius 2 is 2.11 bits per heavy atom. The fraction of sp³-hybridized carbons (Fsp3) is 0.333. The second-order valence-corrected chi connectivity index (χ2v) is 4.40. The van der Waals surface area contributed by atoms with Crippen molar-refractivity contribution in [2.24, 2.45) is 10.7 Å². The molecule has 2 rings (SSSR count). The molecule has 0 spiro atoms. The molecule has 18 heavy (non-hydrogen) atoms. The van der Waals surface area contributed by atoms with E-state index >= 15 is 0 Å². The van der Waals surface area contributed by atoms with Gasteiger partial charge in [0.05, 0.1) is 5.69 Å². The van der Waals surface area contributed by atoms with E-state index in [1.54, 1.807) is 5.01 Å². The molecular weight excluding hydrogens is 246 g/mol. The van der Waals surface area contributed by atoms with Crippen molar-refractivity contribution in [3.05, 3.63) is 30.3 Å². The zero-order chi connectivity index (χ0) is 12.8. The van der Waals surface area contributed by atoms with Gasteiger partial charge >= 0.3 is 0 Å². The Bertz CT molecular complexity index is 431. The fourth-order valence-electron chi connectivity index (χ4n) is 1.70. The molecule has 1 aliphatic rings. The Morgan fingerprint density at radius 1 is 1.33 bits per heavy atom. The van der Waals surface area contributed by atoms with Crippen LogP contribution in [0, 0.1) is 0 Å². The number of nitrogens with two attached hydrogens (primary N) is 1. The Labute approximate surface area is 112 Å². The van der Waals surface area contributed by atoms with Crippen molar-refractivity contribution in [1.82, 2.24) is 10.7 Å². The molecule has 0 fully saturated rings. The van der Waals surface area contributed by atoms with Crippen LogP contribution in [0.25, 0.3) is 0 Å². The number of hydrogen-bond donors (Lipinski definition) is 3. The Hall–Kier alpha value is -1.82. The van der Waals surface area contributed by atoms with Crippen LogP contribution in [0.3, 0.4) is 0 Å². The van der Waals surface area contributed by atoms with Crippen LogP contribution in [0.5, 0.6) is 0 Å². The average molecular weight is 263 g/mol. The van der Waals surface area contributed by atoms with Gasteiger partial charge in [-0.15, -0.1) is 0 Å². The summed E-state index contributed by atoms with van der Waals surface area (Å²) in [5.74, 6) is 0.712. The molecule has 1 aromatic carbocycles. The molecule has 1 aromatic rings. The summed E-state index contributed by atoms with van der Waals surface area (Å²) in [5.41, 5.74) is 9.74. The monoisotopic (exact) mass is 263 g/mol. The van der Waals surface area contributed by atoms with Crippen molar-refractivity contribution < 1.29 is 0 Å². The molecule has 0 amide bonds. The molecule has 96 valence electrons. The van der Waals surface area contributed by atoms with E-state index in [4.69, 9.17) is 18.0 Å². The highest BCUT2D eigenvalue weighted by Gasteiger charge is 2.12. The van der Waals surface area contributed by atoms with Gasteiger partial charge in [0.15, 0.2) is 5.11 Å². The van der Waals surface area contributed by atoms with E-state index in [2.05, 4.69) is 15.7 Å². The summed E-state index contributed by atoms with van der Waals surface area (Å²) < 4.78 is 0. The zero-order valence-corrected chi connectivity index (χ0v) is 10.9. The number of aliphatic imine (C=N–C) groups is 1. The maximum Gasteiger partial charge on any atom is 0.210 e. The summed E-state index contributed by atoms with van der Waals surface area (Å²) >= 11 is 5.06. The first-order valence-electron chi connectivity index (χ1n) is 5.97. The topological polar surface area (TPSA) is 65.7 Å². The summed E-state index contributed by atoms with van der Waals surface area (Å²) in [4.78, 5) is 4.41. The normalized spacial score (nSPS) is 15.0. The molecule has 5 nitrogen and oxygen atoms in total. The Balaban J connectivity index is 2.11. The molecule has 0 atom stereocenters. The van der Waals surface area contributed by atoms with Crippen molar-refractivity contribution in [2.45, 2.75) is 12.8 Å². The number of nitrogens with zero attached hydrogens (tertiary/aromatic N) is 2. The number of hydrogen-bond acceptors (Lipinski definition) is 4. The second kappa shape index (κ2) is 6.20. The third-order valence-electron chi connectivity index (χ3n) is 2.60. The van der Waals surface area contributed by atoms with Gasteiger partial charge in [-0.05, 0) is 37.2 Å². The van der Waals surface area contributed by atoms with Crippen LogP contribution in [0.15, 0.2) is 35.3 Å². The first kappa shape index (κ1) is 12.6. The molecule has 0 unspecified atom stereocenters. The molecule has 6 heteroatoms. The van der Waals surface area contributed by atoms with Gasteiger partial charge in [-0.1, -0.05) is 18.2 Å². The average Bonchev–Trinajstić information content (AvgIpc) is 2.65. The van der Waals surface area contributed by atoms with Crippen LogP contribution in [0.4, 0.5) is 5.69 Å². The van der Waals surface area contributed by atoms with Crippen LogP contribution < -0.4 is 21.5 Å².